The summed E-state index contributed by atoms with van der Waals surface area (Å²) in [5, 5.41) is 5.10. The van der Waals surface area contributed by atoms with Crippen molar-refractivity contribution in [1.82, 2.24) is 5.16 Å². The van der Waals surface area contributed by atoms with E-state index >= 15 is 0 Å². The van der Waals surface area contributed by atoms with Crippen molar-refractivity contribution in [2.75, 3.05) is 13.2 Å². The van der Waals surface area contributed by atoms with Crippen LogP contribution in [0.5, 0.6) is 0 Å². The molecule has 1 aliphatic rings. The van der Waals surface area contributed by atoms with Crippen molar-refractivity contribution >= 4 is 10.9 Å². The van der Waals surface area contributed by atoms with Crippen molar-refractivity contribution in [3.63, 3.8) is 0 Å². The number of hydrogen-bond acceptors (Lipinski definition) is 4. The molecule has 4 rings (SSSR count). The summed E-state index contributed by atoms with van der Waals surface area (Å²) in [6, 6.07) is 15.9. The first-order chi connectivity index (χ1) is 10.3. The van der Waals surface area contributed by atoms with Crippen LogP contribution in [0.3, 0.4) is 0 Å². The standard InChI is InChI=1S/C17H15NO3/c1-17(19-9-10-20-17)13-7-8-15-14(11-13)16(21-18-15)12-5-3-2-4-6-12/h2-8,11H,9-10H2,1H3. The molecular weight excluding hydrogens is 266 g/mol. The van der Waals surface area contributed by atoms with Gasteiger partial charge in [-0.2, -0.15) is 0 Å². The van der Waals surface area contributed by atoms with Gasteiger partial charge >= 0.3 is 0 Å². The lowest BCUT2D eigenvalue weighted by atomic mass is 10.0. The number of hydrogen-bond donors (Lipinski definition) is 0. The van der Waals surface area contributed by atoms with Crippen LogP contribution in [0.15, 0.2) is 53.1 Å². The lowest BCUT2D eigenvalue weighted by Gasteiger charge is -2.22. The van der Waals surface area contributed by atoms with Crippen molar-refractivity contribution in [1.29, 1.82) is 0 Å². The van der Waals surface area contributed by atoms with E-state index in [4.69, 9.17) is 14.0 Å². The Morgan fingerprint density at radius 1 is 1.00 bits per heavy atom. The minimum absolute atomic E-state index is 0.615. The molecule has 21 heavy (non-hydrogen) atoms. The second-order valence-corrected chi connectivity index (χ2v) is 5.25. The summed E-state index contributed by atoms with van der Waals surface area (Å²) in [5.41, 5.74) is 2.82. The first-order valence-corrected chi connectivity index (χ1v) is 6.99. The van der Waals surface area contributed by atoms with Gasteiger partial charge in [-0.3, -0.25) is 0 Å². The van der Waals surface area contributed by atoms with Gasteiger partial charge in [0.1, 0.15) is 5.52 Å². The van der Waals surface area contributed by atoms with Crippen LogP contribution in [-0.4, -0.2) is 18.4 Å². The van der Waals surface area contributed by atoms with E-state index in [9.17, 15) is 0 Å². The summed E-state index contributed by atoms with van der Waals surface area (Å²) in [7, 11) is 0. The Bertz CT molecular complexity index is 773. The van der Waals surface area contributed by atoms with E-state index in [1.54, 1.807) is 0 Å². The molecule has 1 aliphatic heterocycles. The predicted molar refractivity (Wildman–Crippen MR) is 78.7 cm³/mol. The van der Waals surface area contributed by atoms with E-state index in [1.165, 1.54) is 0 Å². The fourth-order valence-electron chi connectivity index (χ4n) is 2.70. The third-order valence-corrected chi connectivity index (χ3v) is 3.88. The summed E-state index contributed by atoms with van der Waals surface area (Å²) >= 11 is 0. The molecule has 0 N–H and O–H groups in total. The molecule has 1 fully saturated rings. The van der Waals surface area contributed by atoms with Gasteiger partial charge in [-0.25, -0.2) is 0 Å². The zero-order valence-corrected chi connectivity index (χ0v) is 11.7. The molecule has 0 amide bonds. The van der Waals surface area contributed by atoms with Crippen molar-refractivity contribution in [3.8, 4) is 11.3 Å². The van der Waals surface area contributed by atoms with Crippen LogP contribution in [0, 0.1) is 0 Å². The van der Waals surface area contributed by atoms with E-state index < -0.39 is 5.79 Å². The predicted octanol–water partition coefficient (Wildman–Crippen LogP) is 3.71. The highest BCUT2D eigenvalue weighted by Gasteiger charge is 2.33. The van der Waals surface area contributed by atoms with Gasteiger partial charge in [0.05, 0.1) is 18.6 Å². The third kappa shape index (κ3) is 2.04. The largest absolute Gasteiger partial charge is 0.355 e. The van der Waals surface area contributed by atoms with Crippen molar-refractivity contribution < 1.29 is 14.0 Å². The summed E-state index contributed by atoms with van der Waals surface area (Å²) in [6.45, 7) is 3.17. The van der Waals surface area contributed by atoms with Crippen LogP contribution in [0.25, 0.3) is 22.2 Å². The van der Waals surface area contributed by atoms with E-state index in [2.05, 4.69) is 5.16 Å². The molecule has 3 aromatic rings. The van der Waals surface area contributed by atoms with Gasteiger partial charge in [-0.05, 0) is 19.1 Å². The molecule has 4 nitrogen and oxygen atoms in total. The minimum Gasteiger partial charge on any atom is -0.355 e. The number of fused-ring (bicyclic) bond motifs is 1. The quantitative estimate of drug-likeness (QED) is 0.718. The van der Waals surface area contributed by atoms with E-state index in [1.807, 2.05) is 55.5 Å². The Hall–Kier alpha value is -2.17. The Morgan fingerprint density at radius 2 is 1.76 bits per heavy atom. The van der Waals surface area contributed by atoms with Crippen LogP contribution in [-0.2, 0) is 15.3 Å². The van der Waals surface area contributed by atoms with E-state index in [-0.39, 0.29) is 0 Å². The Kier molecular flexibility index (Phi) is 2.80. The number of ether oxygens (including phenoxy) is 2. The zero-order valence-electron chi connectivity index (χ0n) is 11.7. The van der Waals surface area contributed by atoms with Gasteiger partial charge < -0.3 is 14.0 Å². The number of rotatable bonds is 2. The monoisotopic (exact) mass is 281 g/mol. The van der Waals surface area contributed by atoms with Crippen LogP contribution < -0.4 is 0 Å². The van der Waals surface area contributed by atoms with Gasteiger partial charge in [0.2, 0.25) is 0 Å². The second kappa shape index (κ2) is 4.69. The highest BCUT2D eigenvalue weighted by molar-refractivity contribution is 5.92. The van der Waals surface area contributed by atoms with Crippen LogP contribution in [0.4, 0.5) is 0 Å². The van der Waals surface area contributed by atoms with Crippen molar-refractivity contribution in [2.45, 2.75) is 12.7 Å². The molecule has 2 heterocycles. The fraction of sp³-hybridized carbons (Fsp3) is 0.235. The van der Waals surface area contributed by atoms with Crippen LogP contribution in [0.1, 0.15) is 12.5 Å². The molecule has 1 aromatic heterocycles. The highest BCUT2D eigenvalue weighted by Crippen LogP contribution is 2.35. The van der Waals surface area contributed by atoms with Crippen molar-refractivity contribution in [2.24, 2.45) is 0 Å². The lowest BCUT2D eigenvalue weighted by molar-refractivity contribution is -0.149. The molecule has 0 bridgehead atoms. The Balaban J connectivity index is 1.87. The molecule has 4 heteroatoms. The van der Waals surface area contributed by atoms with Gasteiger partial charge in [-0.15, -0.1) is 0 Å². The van der Waals surface area contributed by atoms with Gasteiger partial charge in [-0.1, -0.05) is 41.6 Å². The SMILES string of the molecule is CC1(c2ccc3noc(-c4ccccc4)c3c2)OCCO1. The van der Waals surface area contributed by atoms with Crippen LogP contribution in [0.2, 0.25) is 0 Å². The highest BCUT2D eigenvalue weighted by atomic mass is 16.7. The lowest BCUT2D eigenvalue weighted by Crippen LogP contribution is -2.22. The molecule has 0 saturated carbocycles. The number of benzene rings is 2. The Morgan fingerprint density at radius 3 is 2.52 bits per heavy atom. The van der Waals surface area contributed by atoms with E-state index in [0.717, 1.165) is 27.8 Å². The third-order valence-electron chi connectivity index (χ3n) is 3.88. The summed E-state index contributed by atoms with van der Waals surface area (Å²) in [5.74, 6) is 0.0911. The first kappa shape index (κ1) is 12.6. The maximum Gasteiger partial charge on any atom is 0.192 e. The molecule has 0 aliphatic carbocycles. The fourth-order valence-corrected chi connectivity index (χ4v) is 2.70. The number of aromatic nitrogens is 1. The summed E-state index contributed by atoms with van der Waals surface area (Å²) < 4.78 is 17.0. The molecule has 106 valence electrons. The van der Waals surface area contributed by atoms with Gasteiger partial charge in [0.25, 0.3) is 0 Å². The average molecular weight is 281 g/mol. The smallest absolute Gasteiger partial charge is 0.192 e. The van der Waals surface area contributed by atoms with Gasteiger partial charge in [0.15, 0.2) is 11.5 Å². The average Bonchev–Trinajstić information content (AvgIpc) is 3.14. The molecule has 2 aromatic carbocycles. The maximum atomic E-state index is 5.72. The van der Waals surface area contributed by atoms with Crippen molar-refractivity contribution in [3.05, 3.63) is 54.1 Å². The molecule has 0 unspecified atom stereocenters. The normalized spacial score (nSPS) is 17.4. The molecule has 0 radical (unpaired) electrons. The molecular formula is C17H15NO3. The molecule has 1 saturated heterocycles. The molecule has 0 atom stereocenters. The second-order valence-electron chi connectivity index (χ2n) is 5.25. The van der Waals surface area contributed by atoms with E-state index in [0.29, 0.717) is 13.2 Å². The summed E-state index contributed by atoms with van der Waals surface area (Å²) in [4.78, 5) is 0. The topological polar surface area (TPSA) is 44.5 Å². The first-order valence-electron chi connectivity index (χ1n) is 6.99. The Labute approximate surface area is 122 Å². The molecule has 0 spiro atoms. The maximum absolute atomic E-state index is 5.72. The minimum atomic E-state index is -0.681. The summed E-state index contributed by atoms with van der Waals surface area (Å²) in [6.07, 6.45) is 0. The zero-order chi connectivity index (χ0) is 14.3. The number of nitrogens with zero attached hydrogens (tertiary/aromatic N) is 1. The van der Waals surface area contributed by atoms with Gasteiger partial charge in [0, 0.05) is 11.1 Å². The van der Waals surface area contributed by atoms with Crippen LogP contribution >= 0.6 is 0 Å².